The van der Waals surface area contributed by atoms with Crippen LogP contribution in [0.5, 0.6) is 0 Å². The molecule has 3 aromatic carbocycles. The van der Waals surface area contributed by atoms with Gasteiger partial charge in [-0.15, -0.1) is 0 Å². The SMILES string of the molecule is O[C@H](CNCCNc1cccc2ccccc12)COCc1ccc(Cl)cc1. The first-order valence-electron chi connectivity index (χ1n) is 9.15. The van der Waals surface area contributed by atoms with Crippen LogP contribution in [0.25, 0.3) is 10.8 Å². The zero-order valence-corrected chi connectivity index (χ0v) is 16.0. The van der Waals surface area contributed by atoms with E-state index >= 15 is 0 Å². The Bertz CT molecular complexity index is 834. The average Bonchev–Trinajstić information content (AvgIpc) is 2.69. The molecule has 0 unspecified atom stereocenters. The van der Waals surface area contributed by atoms with Gasteiger partial charge in [-0.2, -0.15) is 0 Å². The lowest BCUT2D eigenvalue weighted by atomic mass is 10.1. The second kappa shape index (κ2) is 10.3. The van der Waals surface area contributed by atoms with Crippen LogP contribution in [0.2, 0.25) is 5.02 Å². The summed E-state index contributed by atoms with van der Waals surface area (Å²) in [5, 5.41) is 19.8. The van der Waals surface area contributed by atoms with Crippen LogP contribution in [0.1, 0.15) is 5.56 Å². The molecule has 0 aliphatic heterocycles. The van der Waals surface area contributed by atoms with E-state index in [4.69, 9.17) is 16.3 Å². The number of rotatable bonds is 10. The zero-order chi connectivity index (χ0) is 18.9. The molecule has 0 spiro atoms. The molecule has 3 rings (SSSR count). The van der Waals surface area contributed by atoms with E-state index in [1.165, 1.54) is 10.8 Å². The summed E-state index contributed by atoms with van der Waals surface area (Å²) in [5.41, 5.74) is 2.17. The third kappa shape index (κ3) is 6.22. The van der Waals surface area contributed by atoms with Gasteiger partial charge in [0.05, 0.1) is 19.3 Å². The van der Waals surface area contributed by atoms with E-state index in [-0.39, 0.29) is 0 Å². The van der Waals surface area contributed by atoms with Crippen molar-refractivity contribution in [2.24, 2.45) is 0 Å². The van der Waals surface area contributed by atoms with Gasteiger partial charge in [0.1, 0.15) is 0 Å². The van der Waals surface area contributed by atoms with E-state index in [0.717, 1.165) is 24.3 Å². The molecule has 0 saturated heterocycles. The Hall–Kier alpha value is -2.11. The summed E-state index contributed by atoms with van der Waals surface area (Å²) in [5.74, 6) is 0. The highest BCUT2D eigenvalue weighted by Gasteiger charge is 2.04. The van der Waals surface area contributed by atoms with Crippen LogP contribution in [-0.2, 0) is 11.3 Å². The Labute approximate surface area is 165 Å². The second-order valence-electron chi connectivity index (χ2n) is 6.45. The lowest BCUT2D eigenvalue weighted by Crippen LogP contribution is -2.33. The van der Waals surface area contributed by atoms with Crippen LogP contribution < -0.4 is 10.6 Å². The largest absolute Gasteiger partial charge is 0.389 e. The van der Waals surface area contributed by atoms with Crippen LogP contribution in [0, 0.1) is 0 Å². The number of aliphatic hydroxyl groups is 1. The highest BCUT2D eigenvalue weighted by atomic mass is 35.5. The van der Waals surface area contributed by atoms with Gasteiger partial charge in [0.15, 0.2) is 0 Å². The predicted molar refractivity (Wildman–Crippen MR) is 112 cm³/mol. The molecule has 142 valence electrons. The maximum absolute atomic E-state index is 10.00. The fourth-order valence-corrected chi connectivity index (χ4v) is 3.01. The quantitative estimate of drug-likeness (QED) is 0.461. The molecular formula is C22H25ClN2O2. The Morgan fingerprint density at radius 2 is 1.70 bits per heavy atom. The second-order valence-corrected chi connectivity index (χ2v) is 6.89. The lowest BCUT2D eigenvalue weighted by molar-refractivity contribution is 0.0291. The fourth-order valence-electron chi connectivity index (χ4n) is 2.89. The Morgan fingerprint density at radius 1 is 0.926 bits per heavy atom. The first-order valence-corrected chi connectivity index (χ1v) is 9.53. The van der Waals surface area contributed by atoms with Gasteiger partial charge < -0.3 is 20.5 Å². The van der Waals surface area contributed by atoms with E-state index in [2.05, 4.69) is 41.0 Å². The molecule has 0 aliphatic rings. The summed E-state index contributed by atoms with van der Waals surface area (Å²) in [7, 11) is 0. The highest BCUT2D eigenvalue weighted by Crippen LogP contribution is 2.22. The molecule has 3 aromatic rings. The normalized spacial score (nSPS) is 12.2. The predicted octanol–water partition coefficient (Wildman–Crippen LogP) is 4.07. The van der Waals surface area contributed by atoms with Crippen molar-refractivity contribution in [3.05, 3.63) is 77.3 Å². The van der Waals surface area contributed by atoms with Gasteiger partial charge in [0.2, 0.25) is 0 Å². The highest BCUT2D eigenvalue weighted by molar-refractivity contribution is 6.30. The van der Waals surface area contributed by atoms with Gasteiger partial charge in [-0.05, 0) is 29.1 Å². The number of benzene rings is 3. The molecule has 0 aliphatic carbocycles. The molecule has 0 aromatic heterocycles. The Morgan fingerprint density at radius 3 is 2.56 bits per heavy atom. The van der Waals surface area contributed by atoms with Crippen molar-refractivity contribution in [3.8, 4) is 0 Å². The van der Waals surface area contributed by atoms with Gasteiger partial charge in [0.25, 0.3) is 0 Å². The van der Waals surface area contributed by atoms with Gasteiger partial charge >= 0.3 is 0 Å². The number of hydrogen-bond acceptors (Lipinski definition) is 4. The van der Waals surface area contributed by atoms with Gasteiger partial charge in [-0.1, -0.05) is 60.1 Å². The molecule has 0 saturated carbocycles. The molecule has 5 heteroatoms. The van der Waals surface area contributed by atoms with Crippen molar-refractivity contribution in [2.75, 3.05) is 31.6 Å². The number of halogens is 1. The molecule has 0 heterocycles. The molecule has 4 nitrogen and oxygen atoms in total. The molecule has 0 fully saturated rings. The number of fused-ring (bicyclic) bond motifs is 1. The topological polar surface area (TPSA) is 53.5 Å². The van der Waals surface area contributed by atoms with Crippen LogP contribution in [0.3, 0.4) is 0 Å². The summed E-state index contributed by atoms with van der Waals surface area (Å²) < 4.78 is 5.55. The molecule has 0 amide bonds. The number of hydrogen-bond donors (Lipinski definition) is 3. The van der Waals surface area contributed by atoms with E-state index in [9.17, 15) is 5.11 Å². The standard InChI is InChI=1S/C22H25ClN2O2/c23-19-10-8-17(9-11-19)15-27-16-20(26)14-24-12-13-25-22-7-3-5-18-4-1-2-6-21(18)22/h1-11,20,24-26H,12-16H2/t20-/m1/s1. The van der Waals surface area contributed by atoms with Gasteiger partial charge in [-0.3, -0.25) is 0 Å². The fraction of sp³-hybridized carbons (Fsp3) is 0.273. The van der Waals surface area contributed by atoms with Crippen molar-refractivity contribution in [3.63, 3.8) is 0 Å². The van der Waals surface area contributed by atoms with Crippen LogP contribution in [0.4, 0.5) is 5.69 Å². The maximum Gasteiger partial charge on any atom is 0.0897 e. The van der Waals surface area contributed by atoms with Crippen molar-refractivity contribution >= 4 is 28.1 Å². The first-order chi connectivity index (χ1) is 13.2. The van der Waals surface area contributed by atoms with Crippen LogP contribution >= 0.6 is 11.6 Å². The molecule has 27 heavy (non-hydrogen) atoms. The van der Waals surface area contributed by atoms with Crippen molar-refractivity contribution in [2.45, 2.75) is 12.7 Å². The third-order valence-corrected chi connectivity index (χ3v) is 4.53. The smallest absolute Gasteiger partial charge is 0.0897 e. The number of nitrogens with one attached hydrogen (secondary N) is 2. The summed E-state index contributed by atoms with van der Waals surface area (Å²) in [6.45, 7) is 2.81. The Kier molecular flexibility index (Phi) is 7.48. The van der Waals surface area contributed by atoms with Gasteiger partial charge in [0, 0.05) is 35.7 Å². The molecule has 1 atom stereocenters. The van der Waals surface area contributed by atoms with Crippen LogP contribution in [-0.4, -0.2) is 37.5 Å². The summed E-state index contributed by atoms with van der Waals surface area (Å²) in [4.78, 5) is 0. The van der Waals surface area contributed by atoms with E-state index in [1.54, 1.807) is 0 Å². The lowest BCUT2D eigenvalue weighted by Gasteiger charge is -2.14. The summed E-state index contributed by atoms with van der Waals surface area (Å²) in [6.07, 6.45) is -0.533. The molecule has 0 radical (unpaired) electrons. The Balaban J connectivity index is 1.31. The van der Waals surface area contributed by atoms with Crippen molar-refractivity contribution in [1.82, 2.24) is 5.32 Å². The summed E-state index contributed by atoms with van der Waals surface area (Å²) >= 11 is 5.85. The number of ether oxygens (including phenoxy) is 1. The van der Waals surface area contributed by atoms with E-state index in [0.29, 0.717) is 24.8 Å². The number of aliphatic hydroxyl groups excluding tert-OH is 1. The van der Waals surface area contributed by atoms with E-state index < -0.39 is 6.10 Å². The summed E-state index contributed by atoms with van der Waals surface area (Å²) in [6, 6.07) is 22.1. The third-order valence-electron chi connectivity index (χ3n) is 4.28. The molecule has 0 bridgehead atoms. The molecular weight excluding hydrogens is 360 g/mol. The first kappa shape index (κ1) is 19.6. The average molecular weight is 385 g/mol. The van der Waals surface area contributed by atoms with E-state index in [1.807, 2.05) is 36.4 Å². The maximum atomic E-state index is 10.00. The zero-order valence-electron chi connectivity index (χ0n) is 15.2. The van der Waals surface area contributed by atoms with Gasteiger partial charge in [-0.25, -0.2) is 0 Å². The minimum Gasteiger partial charge on any atom is -0.389 e. The molecule has 3 N–H and O–H groups in total. The van der Waals surface area contributed by atoms with Crippen molar-refractivity contribution < 1.29 is 9.84 Å². The minimum absolute atomic E-state index is 0.298. The monoisotopic (exact) mass is 384 g/mol. The number of anilines is 1. The van der Waals surface area contributed by atoms with Crippen molar-refractivity contribution in [1.29, 1.82) is 0 Å². The van der Waals surface area contributed by atoms with Crippen LogP contribution in [0.15, 0.2) is 66.7 Å². The minimum atomic E-state index is -0.533.